The number of para-hydroxylation sites is 2. The topological polar surface area (TPSA) is 318 Å². The van der Waals surface area contributed by atoms with Crippen molar-refractivity contribution < 1.29 is 83.6 Å². The lowest BCUT2D eigenvalue weighted by Gasteiger charge is -2.27. The summed E-state index contributed by atoms with van der Waals surface area (Å²) in [4.78, 5) is 98.6. The van der Waals surface area contributed by atoms with E-state index < -0.39 is 129 Å². The minimum Gasteiger partial charge on any atom is -0.464 e. The molecule has 4 aromatic rings. The van der Waals surface area contributed by atoms with Crippen molar-refractivity contribution in [3.8, 4) is 11.5 Å². The molecule has 0 amide bonds. The summed E-state index contributed by atoms with van der Waals surface area (Å²) in [5, 5.41) is 4.76. The van der Waals surface area contributed by atoms with Crippen molar-refractivity contribution in [3.63, 3.8) is 0 Å². The summed E-state index contributed by atoms with van der Waals surface area (Å²) < 4.78 is 117. The van der Waals surface area contributed by atoms with E-state index in [1.54, 1.807) is 54.6 Å². The van der Waals surface area contributed by atoms with Crippen molar-refractivity contribution >= 4 is 50.2 Å². The lowest BCUT2D eigenvalue weighted by molar-refractivity contribution is -0.146. The monoisotopic (exact) mass is 1310 g/mol. The third kappa shape index (κ3) is 21.6. The number of ether oxygens (including phenoxy) is 6. The van der Waals surface area contributed by atoms with E-state index in [9.17, 15) is 47.5 Å². The predicted molar refractivity (Wildman–Crippen MR) is 323 cm³/mol. The van der Waals surface area contributed by atoms with Crippen LogP contribution in [0.15, 0.2) is 155 Å². The number of methoxy groups -OCH3 is 2. The Morgan fingerprint density at radius 1 is 0.663 bits per heavy atom. The summed E-state index contributed by atoms with van der Waals surface area (Å²) in [6.07, 6.45) is 2.15. The van der Waals surface area contributed by atoms with E-state index in [0.717, 1.165) is 40.6 Å². The molecule has 0 spiro atoms. The van der Waals surface area contributed by atoms with Gasteiger partial charge in [0.05, 0.1) is 26.4 Å². The van der Waals surface area contributed by atoms with Gasteiger partial charge in [-0.3, -0.25) is 51.9 Å². The molecule has 0 bridgehead atoms. The first-order chi connectivity index (χ1) is 42.2. The lowest BCUT2D eigenvalue weighted by Crippen LogP contribution is -2.48. The zero-order valence-electron chi connectivity index (χ0n) is 49.9. The maximum absolute atomic E-state index is 16.3. The first kappa shape index (κ1) is 74.4. The first-order valence-electron chi connectivity index (χ1n) is 27.6. The van der Waals surface area contributed by atoms with E-state index in [0.29, 0.717) is 30.3 Å². The summed E-state index contributed by atoms with van der Waals surface area (Å²) in [6.45, 7) is 18.2. The standard InChI is InChI=1S/C29H37FN3O10P.C24H31FN3O9P.C5H7ClO/c1-6-8-15-23(34)33-24(35)16-17-32(28(33)37)27-29(4,30)25(39-5)22(42-27)19-41-44(38,43-21-13-11-10-12-14-21)31-20(3)26(36)40-18-9-7-2;1-5-6-14-34-21(30)16(2)27-38(32,37-17-10-8-7-9-11-17)35-15-18-20(33-4)24(3,25)22(36-18)28-13-12-19(29)26-23(28)31;1-2-3-4-5(6)7/h6-7,10-14,16-17,20,22,25,27H,1-2,8-9,15,18-19H2,3-5H3,(H,31,38);5,7-13,16,18,20,22H,1,6,14-15H2,2-4H3,(H,27,32)(H,26,29,31);2H,1,3-4H2/t20-,22?,25+,27?,29+,44?;16-,18?,20+,22?,24+,38?;/m00./s1. The number of alkyl halides is 2. The number of aromatic nitrogens is 4. The Hall–Kier alpha value is -7.07. The van der Waals surface area contributed by atoms with Gasteiger partial charge in [0.2, 0.25) is 11.1 Å². The number of aromatic amines is 1. The number of halogens is 3. The van der Waals surface area contributed by atoms with Crippen molar-refractivity contribution in [1.82, 2.24) is 28.9 Å². The van der Waals surface area contributed by atoms with E-state index in [1.165, 1.54) is 65.3 Å². The Morgan fingerprint density at radius 3 is 1.47 bits per heavy atom. The number of benzene rings is 2. The van der Waals surface area contributed by atoms with Crippen LogP contribution in [0.5, 0.6) is 11.5 Å². The van der Waals surface area contributed by atoms with Gasteiger partial charge in [0, 0.05) is 51.6 Å². The smallest absolute Gasteiger partial charge is 0.459 e. The quantitative estimate of drug-likeness (QED) is 0.0138. The molecular weight excluding hydrogens is 1240 g/mol. The fourth-order valence-electron chi connectivity index (χ4n) is 8.58. The average molecular weight is 1310 g/mol. The zero-order valence-corrected chi connectivity index (χ0v) is 52.5. The average Bonchev–Trinajstić information content (AvgIpc) is 1.67. The number of H-pyrrole nitrogens is 1. The number of nitrogens with zero attached hydrogens (tertiary/aromatic N) is 3. The molecule has 31 heteroatoms. The predicted octanol–water partition coefficient (Wildman–Crippen LogP) is 7.75. The molecule has 0 aliphatic carbocycles. The molecule has 2 aliphatic heterocycles. The van der Waals surface area contributed by atoms with Gasteiger partial charge in [0.1, 0.15) is 48.0 Å². The second-order valence-corrected chi connectivity index (χ2v) is 23.7. The fraction of sp³-hybridized carbons (Fsp3) is 0.448. The van der Waals surface area contributed by atoms with E-state index in [2.05, 4.69) is 36.5 Å². The van der Waals surface area contributed by atoms with Gasteiger partial charge in [-0.1, -0.05) is 60.7 Å². The van der Waals surface area contributed by atoms with Crippen LogP contribution in [0.25, 0.3) is 0 Å². The van der Waals surface area contributed by atoms with E-state index in [-0.39, 0.29) is 42.8 Å². The molecule has 6 rings (SSSR count). The van der Waals surface area contributed by atoms with Crippen LogP contribution >= 0.6 is 27.1 Å². The Labute approximate surface area is 516 Å². The van der Waals surface area contributed by atoms with Gasteiger partial charge >= 0.3 is 38.8 Å². The molecule has 3 N–H and O–H groups in total. The highest BCUT2D eigenvalue weighted by molar-refractivity contribution is 7.52. The van der Waals surface area contributed by atoms with Crippen LogP contribution in [0.1, 0.15) is 83.5 Å². The van der Waals surface area contributed by atoms with Crippen molar-refractivity contribution in [1.29, 1.82) is 0 Å². The zero-order chi connectivity index (χ0) is 66.1. The molecular formula is C58H75ClF2N6O20P2. The molecule has 0 saturated carbocycles. The Bertz CT molecular complexity index is 3380. The number of allylic oxidation sites excluding steroid dienone is 2. The third-order valence-electron chi connectivity index (χ3n) is 12.9. The molecule has 12 atom stereocenters. The number of rotatable bonds is 32. The second kappa shape index (κ2) is 35.4. The maximum atomic E-state index is 16.3. The lowest BCUT2D eigenvalue weighted by atomic mass is 9.98. The Balaban J connectivity index is 0.000000346. The van der Waals surface area contributed by atoms with Gasteiger partial charge in [0.25, 0.3) is 11.1 Å². The molecule has 89 heavy (non-hydrogen) atoms. The van der Waals surface area contributed by atoms with Crippen molar-refractivity contribution in [2.75, 3.05) is 40.6 Å². The molecule has 488 valence electrons. The summed E-state index contributed by atoms with van der Waals surface area (Å²) in [5.74, 6) is -1.90. The van der Waals surface area contributed by atoms with Crippen molar-refractivity contribution in [2.24, 2.45) is 0 Å². The van der Waals surface area contributed by atoms with Gasteiger partial charge in [-0.2, -0.15) is 14.7 Å². The molecule has 2 aromatic carbocycles. The SMILES string of the molecule is C=CCCC(=O)Cl.C=CCCOC(=O)[C@H](C)NP(=O)(OCC1OC(n2ccc(=O)[nH]c2=O)[C@](C)(F)[C@@H]1OC)Oc1ccccc1.C=CCCOC(=O)[C@H](C)NP(=O)(OCC1OC(n2ccc(=O)n(C(=O)CCC=C)c2=O)[C@](C)(F)[C@@H]1OC)Oc1ccccc1. The van der Waals surface area contributed by atoms with Gasteiger partial charge in [-0.25, -0.2) is 27.5 Å². The van der Waals surface area contributed by atoms with Gasteiger partial charge in [-0.15, -0.1) is 26.3 Å². The summed E-state index contributed by atoms with van der Waals surface area (Å²) in [7, 11) is -6.17. The van der Waals surface area contributed by atoms with Crippen molar-refractivity contribution in [2.45, 2.75) is 127 Å². The molecule has 26 nitrogen and oxygen atoms in total. The van der Waals surface area contributed by atoms with Crippen molar-refractivity contribution in [3.05, 3.63) is 177 Å². The van der Waals surface area contributed by atoms with Gasteiger partial charge in [0.15, 0.2) is 23.8 Å². The molecule has 0 radical (unpaired) electrons. The fourth-order valence-corrected chi connectivity index (χ4v) is 11.7. The number of hydrogen-bond donors (Lipinski definition) is 3. The number of carbonyl (C=O) groups is 4. The third-order valence-corrected chi connectivity index (χ3v) is 16.4. The minimum absolute atomic E-state index is 0.0630. The van der Waals surface area contributed by atoms with E-state index in [4.69, 9.17) is 58.1 Å². The minimum atomic E-state index is -4.36. The van der Waals surface area contributed by atoms with Gasteiger partial charge < -0.3 is 37.5 Å². The maximum Gasteiger partial charge on any atom is 0.459 e. The van der Waals surface area contributed by atoms with Crippen LogP contribution < -0.4 is 41.7 Å². The highest BCUT2D eigenvalue weighted by Gasteiger charge is 2.58. The number of esters is 2. The molecule has 2 saturated heterocycles. The van der Waals surface area contributed by atoms with Crippen LogP contribution in [-0.4, -0.2) is 130 Å². The summed E-state index contributed by atoms with van der Waals surface area (Å²) in [5.41, 5.74) is -8.20. The second-order valence-electron chi connectivity index (χ2n) is 19.9. The van der Waals surface area contributed by atoms with Crippen LogP contribution in [0.3, 0.4) is 0 Å². The summed E-state index contributed by atoms with van der Waals surface area (Å²) >= 11 is 4.97. The molecule has 2 fully saturated rings. The van der Waals surface area contributed by atoms with E-state index >= 15 is 8.78 Å². The molecule has 4 heterocycles. The highest BCUT2D eigenvalue weighted by Crippen LogP contribution is 2.50. The molecule has 2 aromatic heterocycles. The van der Waals surface area contributed by atoms with Crippen LogP contribution in [-0.2, 0) is 61.0 Å². The van der Waals surface area contributed by atoms with E-state index in [1.807, 2.05) is 4.98 Å². The van der Waals surface area contributed by atoms with Crippen LogP contribution in [0.2, 0.25) is 0 Å². The van der Waals surface area contributed by atoms with Crippen LogP contribution in [0, 0.1) is 0 Å². The summed E-state index contributed by atoms with van der Waals surface area (Å²) in [6, 6.07) is 15.8. The highest BCUT2D eigenvalue weighted by atomic mass is 35.5. The van der Waals surface area contributed by atoms with Crippen LogP contribution in [0.4, 0.5) is 8.78 Å². The molecule has 2 aliphatic rings. The molecule has 6 unspecified atom stereocenters. The number of nitrogens with one attached hydrogen (secondary N) is 3. The number of hydrogen-bond acceptors (Lipinski definition) is 20. The number of carbonyl (C=O) groups excluding carboxylic acids is 4. The van der Waals surface area contributed by atoms with Gasteiger partial charge in [-0.05, 0) is 89.2 Å². The Kier molecular flexibility index (Phi) is 29.6. The largest absolute Gasteiger partial charge is 0.464 e. The Morgan fingerprint density at radius 2 is 1.08 bits per heavy atom. The normalized spacial score (nSPS) is 23.0. The first-order valence-corrected chi connectivity index (χ1v) is 31.0.